The molecule has 0 radical (unpaired) electrons. The fraction of sp³-hybridized carbons (Fsp3) is 0.500. The maximum atomic E-state index is 11.0. The van der Waals surface area contributed by atoms with Gasteiger partial charge in [0.05, 0.1) is 0 Å². The molecule has 2 rings (SSSR count). The van der Waals surface area contributed by atoms with E-state index in [1.165, 1.54) is 5.56 Å². The van der Waals surface area contributed by atoms with Crippen molar-refractivity contribution >= 4 is 33.2 Å². The summed E-state index contributed by atoms with van der Waals surface area (Å²) in [5, 5.41) is 13.1. The summed E-state index contributed by atoms with van der Waals surface area (Å²) in [4.78, 5) is 13.0. The largest absolute Gasteiger partial charge is 0.480 e. The first-order valence-corrected chi connectivity index (χ1v) is 6.59. The minimum absolute atomic E-state index is 0.295. The second-order valence-electron chi connectivity index (χ2n) is 3.71. The Bertz CT molecular complexity index is 366. The van der Waals surface area contributed by atoms with Crippen molar-refractivity contribution in [1.29, 1.82) is 0 Å². The maximum Gasteiger partial charge on any atom is 0.320 e. The monoisotopic (exact) mass is 289 g/mol. The zero-order chi connectivity index (χ0) is 10.8. The zero-order valence-electron chi connectivity index (χ0n) is 8.15. The third kappa shape index (κ3) is 2.41. The van der Waals surface area contributed by atoms with Gasteiger partial charge >= 0.3 is 5.97 Å². The number of halogens is 1. The highest BCUT2D eigenvalue weighted by atomic mass is 79.9. The number of hydrogen-bond donors (Lipinski definition) is 1. The Labute approximate surface area is 101 Å². The van der Waals surface area contributed by atoms with Crippen LogP contribution in [0.4, 0.5) is 0 Å². The second-order valence-corrected chi connectivity index (χ2v) is 5.31. The van der Waals surface area contributed by atoms with Gasteiger partial charge in [0.1, 0.15) is 6.04 Å². The summed E-state index contributed by atoms with van der Waals surface area (Å²) < 4.78 is 1.09. The van der Waals surface area contributed by atoms with E-state index in [2.05, 4.69) is 21.3 Å². The van der Waals surface area contributed by atoms with Crippen molar-refractivity contribution in [3.05, 3.63) is 20.8 Å². The van der Waals surface area contributed by atoms with E-state index >= 15 is 0 Å². The SMILES string of the molecule is O=C(O)[C@@H]1CCCN1Cc1cscc1Br. The van der Waals surface area contributed by atoms with Crippen LogP contribution in [0.1, 0.15) is 18.4 Å². The summed E-state index contributed by atoms with van der Waals surface area (Å²) >= 11 is 5.11. The molecule has 0 saturated carbocycles. The van der Waals surface area contributed by atoms with Gasteiger partial charge in [-0.05, 0) is 46.3 Å². The highest BCUT2D eigenvalue weighted by Gasteiger charge is 2.30. The molecule has 1 fully saturated rings. The Balaban J connectivity index is 2.06. The number of hydrogen-bond acceptors (Lipinski definition) is 3. The van der Waals surface area contributed by atoms with Crippen LogP contribution in [0.25, 0.3) is 0 Å². The van der Waals surface area contributed by atoms with Crippen LogP contribution in [0.15, 0.2) is 15.2 Å². The molecular formula is C10H12BrNO2S. The minimum Gasteiger partial charge on any atom is -0.480 e. The summed E-state index contributed by atoms with van der Waals surface area (Å²) in [6.07, 6.45) is 1.76. The van der Waals surface area contributed by atoms with E-state index in [1.807, 2.05) is 10.3 Å². The molecule has 1 aromatic heterocycles. The number of thiophene rings is 1. The fourth-order valence-electron chi connectivity index (χ4n) is 1.93. The van der Waals surface area contributed by atoms with Gasteiger partial charge in [0, 0.05) is 16.4 Å². The number of likely N-dealkylation sites (tertiary alicyclic amines) is 1. The lowest BCUT2D eigenvalue weighted by atomic mass is 10.2. The lowest BCUT2D eigenvalue weighted by Gasteiger charge is -2.20. The Morgan fingerprint density at radius 3 is 3.07 bits per heavy atom. The molecule has 3 nitrogen and oxygen atoms in total. The first-order valence-electron chi connectivity index (χ1n) is 4.86. The third-order valence-electron chi connectivity index (χ3n) is 2.71. The highest BCUT2D eigenvalue weighted by Crippen LogP contribution is 2.26. The molecule has 15 heavy (non-hydrogen) atoms. The average molecular weight is 290 g/mol. The van der Waals surface area contributed by atoms with Gasteiger partial charge in [0.25, 0.3) is 0 Å². The van der Waals surface area contributed by atoms with Crippen molar-refractivity contribution in [2.24, 2.45) is 0 Å². The number of carboxylic acids is 1. The number of carboxylic acid groups (broad SMARTS) is 1. The topological polar surface area (TPSA) is 40.5 Å². The smallest absolute Gasteiger partial charge is 0.320 e. The molecule has 0 aromatic carbocycles. The van der Waals surface area contributed by atoms with Crippen molar-refractivity contribution in [3.63, 3.8) is 0 Å². The molecule has 1 N–H and O–H groups in total. The van der Waals surface area contributed by atoms with E-state index in [-0.39, 0.29) is 6.04 Å². The van der Waals surface area contributed by atoms with Crippen molar-refractivity contribution in [1.82, 2.24) is 4.90 Å². The molecule has 2 heterocycles. The van der Waals surface area contributed by atoms with Gasteiger partial charge in [-0.25, -0.2) is 0 Å². The normalized spacial score (nSPS) is 22.1. The van der Waals surface area contributed by atoms with Crippen molar-refractivity contribution < 1.29 is 9.90 Å². The Kier molecular flexibility index (Phi) is 3.43. The van der Waals surface area contributed by atoms with E-state index in [1.54, 1.807) is 11.3 Å². The lowest BCUT2D eigenvalue weighted by Crippen LogP contribution is -2.35. The van der Waals surface area contributed by atoms with Crippen LogP contribution in [0.5, 0.6) is 0 Å². The first kappa shape index (κ1) is 11.1. The van der Waals surface area contributed by atoms with Gasteiger partial charge in [-0.3, -0.25) is 9.69 Å². The van der Waals surface area contributed by atoms with Gasteiger partial charge < -0.3 is 5.11 Å². The standard InChI is InChI=1S/C10H12BrNO2S/c11-8-6-15-5-7(8)4-12-3-1-2-9(12)10(13)14/h5-6,9H,1-4H2,(H,13,14)/t9-/m0/s1. The molecule has 1 aliphatic heterocycles. The molecule has 0 bridgehead atoms. The summed E-state index contributed by atoms with van der Waals surface area (Å²) in [7, 11) is 0. The van der Waals surface area contributed by atoms with Gasteiger partial charge in [0.2, 0.25) is 0 Å². The number of nitrogens with zero attached hydrogens (tertiary/aromatic N) is 1. The van der Waals surface area contributed by atoms with Crippen LogP contribution < -0.4 is 0 Å². The van der Waals surface area contributed by atoms with Crippen LogP contribution >= 0.6 is 27.3 Å². The molecule has 0 aliphatic carbocycles. The maximum absolute atomic E-state index is 11.0. The van der Waals surface area contributed by atoms with E-state index in [0.29, 0.717) is 0 Å². The molecule has 1 atom stereocenters. The minimum atomic E-state index is -0.696. The third-order valence-corrected chi connectivity index (χ3v) is 4.54. The Hall–Kier alpha value is -0.390. The van der Waals surface area contributed by atoms with Crippen molar-refractivity contribution in [2.75, 3.05) is 6.54 Å². The number of aliphatic carboxylic acids is 1. The summed E-state index contributed by atoms with van der Waals surface area (Å²) in [6, 6.07) is -0.295. The predicted octanol–water partition coefficient (Wildman–Crippen LogP) is 2.56. The highest BCUT2D eigenvalue weighted by molar-refractivity contribution is 9.10. The van der Waals surface area contributed by atoms with Gasteiger partial charge in [-0.2, -0.15) is 11.3 Å². The van der Waals surface area contributed by atoms with E-state index in [9.17, 15) is 4.79 Å². The molecule has 0 spiro atoms. The quantitative estimate of drug-likeness (QED) is 0.930. The van der Waals surface area contributed by atoms with Gasteiger partial charge in [-0.1, -0.05) is 0 Å². The van der Waals surface area contributed by atoms with Crippen LogP contribution in [0.2, 0.25) is 0 Å². The summed E-state index contributed by atoms with van der Waals surface area (Å²) in [6.45, 7) is 1.63. The molecule has 1 aliphatic rings. The van der Waals surface area contributed by atoms with E-state index in [0.717, 1.165) is 30.4 Å². The van der Waals surface area contributed by atoms with Crippen molar-refractivity contribution in [2.45, 2.75) is 25.4 Å². The van der Waals surface area contributed by atoms with Gasteiger partial charge in [0.15, 0.2) is 0 Å². The van der Waals surface area contributed by atoms with Crippen LogP contribution in [-0.2, 0) is 11.3 Å². The number of carbonyl (C=O) groups is 1. The molecule has 1 saturated heterocycles. The first-order chi connectivity index (χ1) is 7.18. The number of rotatable bonds is 3. The Morgan fingerprint density at radius 2 is 2.47 bits per heavy atom. The lowest BCUT2D eigenvalue weighted by molar-refractivity contribution is -0.142. The fourth-order valence-corrected chi connectivity index (χ4v) is 3.35. The Morgan fingerprint density at radius 1 is 1.67 bits per heavy atom. The summed E-state index contributed by atoms with van der Waals surface area (Å²) in [5.74, 6) is -0.696. The predicted molar refractivity (Wildman–Crippen MR) is 63.1 cm³/mol. The summed E-state index contributed by atoms with van der Waals surface area (Å²) in [5.41, 5.74) is 1.19. The van der Waals surface area contributed by atoms with Crippen LogP contribution in [-0.4, -0.2) is 28.6 Å². The van der Waals surface area contributed by atoms with Crippen molar-refractivity contribution in [3.8, 4) is 0 Å². The molecule has 5 heteroatoms. The van der Waals surface area contributed by atoms with E-state index in [4.69, 9.17) is 5.11 Å². The molecule has 0 amide bonds. The van der Waals surface area contributed by atoms with Gasteiger partial charge in [-0.15, -0.1) is 0 Å². The second kappa shape index (κ2) is 4.63. The van der Waals surface area contributed by atoms with E-state index < -0.39 is 5.97 Å². The average Bonchev–Trinajstić information content (AvgIpc) is 2.77. The zero-order valence-corrected chi connectivity index (χ0v) is 10.6. The molecule has 0 unspecified atom stereocenters. The molecule has 1 aromatic rings. The molecular weight excluding hydrogens is 278 g/mol. The molecule has 82 valence electrons. The van der Waals surface area contributed by atoms with Crippen LogP contribution in [0.3, 0.4) is 0 Å². The van der Waals surface area contributed by atoms with Crippen LogP contribution in [0, 0.1) is 0 Å².